The van der Waals surface area contributed by atoms with Gasteiger partial charge in [0.05, 0.1) is 0 Å². The van der Waals surface area contributed by atoms with Crippen LogP contribution >= 0.6 is 38.9 Å². The van der Waals surface area contributed by atoms with E-state index >= 15 is 0 Å². The summed E-state index contributed by atoms with van der Waals surface area (Å²) in [6.07, 6.45) is 1.03. The molecule has 0 spiro atoms. The van der Waals surface area contributed by atoms with E-state index in [0.717, 1.165) is 17.9 Å². The van der Waals surface area contributed by atoms with Crippen LogP contribution < -0.4 is 0 Å². The average molecular weight is 219 g/mol. The van der Waals surface area contributed by atoms with E-state index < -0.39 is 4.90 Å². The monoisotopic (exact) mass is 218 g/mol. The van der Waals surface area contributed by atoms with Gasteiger partial charge in [0.25, 0.3) is 4.90 Å². The van der Waals surface area contributed by atoms with Crippen molar-refractivity contribution < 1.29 is 4.57 Å². The Morgan fingerprint density at radius 1 is 1.40 bits per heavy atom. The largest absolute Gasteiger partial charge is 0.283 e. The summed E-state index contributed by atoms with van der Waals surface area (Å²) >= 11 is 8.44. The average Bonchev–Trinajstić information content (AvgIpc) is 1.84. The van der Waals surface area contributed by atoms with Gasteiger partial charge in [0.15, 0.2) is 0 Å². The molecule has 0 saturated heterocycles. The van der Waals surface area contributed by atoms with Crippen molar-refractivity contribution in [2.45, 2.75) is 20.3 Å². The van der Waals surface area contributed by atoms with Crippen LogP contribution in [0.15, 0.2) is 0 Å². The summed E-state index contributed by atoms with van der Waals surface area (Å²) in [5.74, 6) is 1.73. The lowest BCUT2D eigenvalue weighted by Gasteiger charge is -2.05. The number of hydrogen-bond acceptors (Lipinski definition) is 3. The van der Waals surface area contributed by atoms with Gasteiger partial charge in [-0.25, -0.2) is 0 Å². The third-order valence-electron chi connectivity index (χ3n) is 0.733. The molecule has 62 valence electrons. The van der Waals surface area contributed by atoms with E-state index in [4.69, 9.17) is 11.2 Å². The van der Waals surface area contributed by atoms with Crippen molar-refractivity contribution >= 4 is 38.9 Å². The highest BCUT2D eigenvalue weighted by Crippen LogP contribution is 2.73. The number of hydrogen-bond donors (Lipinski definition) is 0. The van der Waals surface area contributed by atoms with Gasteiger partial charge in [-0.05, 0) is 23.4 Å². The van der Waals surface area contributed by atoms with E-state index in [1.54, 1.807) is 0 Å². The Bertz CT molecular complexity index is 131. The lowest BCUT2D eigenvalue weighted by Crippen LogP contribution is -1.69. The Labute approximate surface area is 75.3 Å². The lowest BCUT2D eigenvalue weighted by atomic mass is 10.6. The zero-order valence-electron chi connectivity index (χ0n) is 6.17. The zero-order chi connectivity index (χ0) is 8.04. The van der Waals surface area contributed by atoms with Crippen molar-refractivity contribution in [2.75, 3.05) is 11.5 Å². The van der Waals surface area contributed by atoms with Crippen LogP contribution in [0.25, 0.3) is 0 Å². The summed E-state index contributed by atoms with van der Waals surface area (Å²) in [6, 6.07) is 0. The van der Waals surface area contributed by atoms with Gasteiger partial charge in [-0.3, -0.25) is 4.57 Å². The van der Waals surface area contributed by atoms with Gasteiger partial charge in [-0.1, -0.05) is 36.6 Å². The number of halogens is 1. The van der Waals surface area contributed by atoms with Gasteiger partial charge in [-0.2, -0.15) is 0 Å². The molecule has 1 atom stereocenters. The van der Waals surface area contributed by atoms with Crippen LogP contribution in [0.2, 0.25) is 0 Å². The highest BCUT2D eigenvalue weighted by Gasteiger charge is 2.17. The van der Waals surface area contributed by atoms with Crippen molar-refractivity contribution in [3.05, 3.63) is 0 Å². The molecule has 0 aromatic rings. The Balaban J connectivity index is 3.53. The predicted octanol–water partition coefficient (Wildman–Crippen LogP) is 4.23. The quantitative estimate of drug-likeness (QED) is 0.643. The fourth-order valence-corrected chi connectivity index (χ4v) is 7.32. The second-order valence-electron chi connectivity index (χ2n) is 1.68. The van der Waals surface area contributed by atoms with Crippen LogP contribution in [-0.4, -0.2) is 11.5 Å². The molecule has 0 saturated carbocycles. The molecule has 0 aliphatic carbocycles. The van der Waals surface area contributed by atoms with Crippen LogP contribution in [0.5, 0.6) is 0 Å². The van der Waals surface area contributed by atoms with Gasteiger partial charge in [0.1, 0.15) is 0 Å². The molecule has 0 aliphatic rings. The second-order valence-corrected chi connectivity index (χ2v) is 12.0. The molecular formula is C5H12ClOPS2. The summed E-state index contributed by atoms with van der Waals surface area (Å²) < 4.78 is 11.3. The Morgan fingerprint density at radius 2 is 2.00 bits per heavy atom. The van der Waals surface area contributed by atoms with E-state index in [-0.39, 0.29) is 0 Å². The standard InChI is InChI=1S/C5H12ClOPS2/c1-3-5-10-8(6,7)9-4-2/h3-5H2,1-2H3. The first-order valence-electron chi connectivity index (χ1n) is 3.21. The molecule has 0 fully saturated rings. The molecule has 0 aliphatic heterocycles. The van der Waals surface area contributed by atoms with Crippen molar-refractivity contribution in [2.24, 2.45) is 0 Å². The van der Waals surface area contributed by atoms with E-state index in [0.29, 0.717) is 0 Å². The van der Waals surface area contributed by atoms with Crippen molar-refractivity contribution in [3.8, 4) is 0 Å². The third-order valence-corrected chi connectivity index (χ3v) is 9.03. The zero-order valence-corrected chi connectivity index (χ0v) is 9.45. The SMILES string of the molecule is CCCSP(=O)(Cl)SCC. The van der Waals surface area contributed by atoms with Gasteiger partial charge in [-0.15, -0.1) is 0 Å². The molecule has 5 heteroatoms. The first-order valence-corrected chi connectivity index (χ1v) is 9.00. The molecule has 1 nitrogen and oxygen atoms in total. The Morgan fingerprint density at radius 3 is 2.40 bits per heavy atom. The molecule has 0 aromatic heterocycles. The highest BCUT2D eigenvalue weighted by molar-refractivity contribution is 8.96. The summed E-state index contributed by atoms with van der Waals surface area (Å²) in [4.78, 5) is -2.40. The topological polar surface area (TPSA) is 17.1 Å². The summed E-state index contributed by atoms with van der Waals surface area (Å²) in [7, 11) is 0. The van der Waals surface area contributed by atoms with E-state index in [9.17, 15) is 4.57 Å². The maximum absolute atomic E-state index is 11.3. The molecule has 0 radical (unpaired) electrons. The second kappa shape index (κ2) is 5.82. The molecule has 0 N–H and O–H groups in total. The van der Waals surface area contributed by atoms with Crippen molar-refractivity contribution in [1.82, 2.24) is 0 Å². The molecule has 0 heterocycles. The van der Waals surface area contributed by atoms with Gasteiger partial charge >= 0.3 is 0 Å². The maximum atomic E-state index is 11.3. The van der Waals surface area contributed by atoms with Crippen LogP contribution in [0, 0.1) is 0 Å². The third kappa shape index (κ3) is 5.96. The first-order chi connectivity index (χ1) is 4.62. The van der Waals surface area contributed by atoms with Crippen LogP contribution in [0.3, 0.4) is 0 Å². The highest BCUT2D eigenvalue weighted by atomic mass is 35.7. The summed E-state index contributed by atoms with van der Waals surface area (Å²) in [5.41, 5.74) is 0. The maximum Gasteiger partial charge on any atom is 0.275 e. The van der Waals surface area contributed by atoms with Gasteiger partial charge in [0.2, 0.25) is 0 Å². The van der Waals surface area contributed by atoms with Gasteiger partial charge in [0, 0.05) is 5.75 Å². The minimum Gasteiger partial charge on any atom is -0.283 e. The summed E-state index contributed by atoms with van der Waals surface area (Å²) in [6.45, 7) is 4.02. The molecule has 1 unspecified atom stereocenters. The Kier molecular flexibility index (Phi) is 6.53. The lowest BCUT2D eigenvalue weighted by molar-refractivity contribution is 0.601. The van der Waals surface area contributed by atoms with Crippen LogP contribution in [0.4, 0.5) is 0 Å². The molecule has 10 heavy (non-hydrogen) atoms. The fraction of sp³-hybridized carbons (Fsp3) is 1.00. The van der Waals surface area contributed by atoms with Crippen molar-refractivity contribution in [1.29, 1.82) is 0 Å². The van der Waals surface area contributed by atoms with E-state index in [2.05, 4.69) is 6.92 Å². The molecule has 0 amide bonds. The van der Waals surface area contributed by atoms with Gasteiger partial charge < -0.3 is 0 Å². The van der Waals surface area contributed by atoms with Crippen molar-refractivity contribution in [3.63, 3.8) is 0 Å². The van der Waals surface area contributed by atoms with Crippen LogP contribution in [-0.2, 0) is 4.57 Å². The normalized spacial score (nSPS) is 16.7. The molecular weight excluding hydrogens is 207 g/mol. The molecule has 0 rings (SSSR count). The summed E-state index contributed by atoms with van der Waals surface area (Å²) in [5, 5.41) is 0. The Hall–Kier alpha value is 1.22. The molecule has 0 bridgehead atoms. The smallest absolute Gasteiger partial charge is 0.275 e. The fourth-order valence-electron chi connectivity index (χ4n) is 0.392. The van der Waals surface area contributed by atoms with E-state index in [1.165, 1.54) is 22.8 Å². The number of rotatable bonds is 5. The first kappa shape index (κ1) is 11.2. The van der Waals surface area contributed by atoms with Crippen LogP contribution in [0.1, 0.15) is 20.3 Å². The molecule has 0 aromatic carbocycles. The minimum atomic E-state index is -2.40. The predicted molar refractivity (Wildman–Crippen MR) is 54.3 cm³/mol. The van der Waals surface area contributed by atoms with E-state index in [1.807, 2.05) is 6.92 Å². The minimum absolute atomic E-state index is 0.831.